The molecule has 4 rings (SSSR count). The SMILES string of the molecule is CC(=O)Nc1cccc(C(=O)NCc2nc3ccccc3n2C2CC2)c1. The van der Waals surface area contributed by atoms with Gasteiger partial charge in [-0.15, -0.1) is 0 Å². The van der Waals surface area contributed by atoms with Gasteiger partial charge in [-0.3, -0.25) is 9.59 Å². The van der Waals surface area contributed by atoms with Gasteiger partial charge < -0.3 is 15.2 Å². The highest BCUT2D eigenvalue weighted by atomic mass is 16.2. The molecule has 1 aromatic heterocycles. The van der Waals surface area contributed by atoms with E-state index in [4.69, 9.17) is 0 Å². The number of aromatic nitrogens is 2. The monoisotopic (exact) mass is 348 g/mol. The van der Waals surface area contributed by atoms with E-state index in [1.165, 1.54) is 6.92 Å². The fourth-order valence-corrected chi connectivity index (χ4v) is 3.16. The average molecular weight is 348 g/mol. The Balaban J connectivity index is 1.52. The number of nitrogens with zero attached hydrogens (tertiary/aromatic N) is 2. The molecular weight excluding hydrogens is 328 g/mol. The fraction of sp³-hybridized carbons (Fsp3) is 0.250. The molecule has 6 heteroatoms. The van der Waals surface area contributed by atoms with Crippen molar-refractivity contribution in [2.75, 3.05) is 5.32 Å². The molecule has 1 aliphatic rings. The Morgan fingerprint density at radius 1 is 1.15 bits per heavy atom. The van der Waals surface area contributed by atoms with Crippen LogP contribution in [0.1, 0.15) is 42.0 Å². The lowest BCUT2D eigenvalue weighted by Gasteiger charge is -2.10. The number of para-hydroxylation sites is 2. The molecule has 3 aromatic rings. The third-order valence-electron chi connectivity index (χ3n) is 4.43. The Morgan fingerprint density at radius 2 is 1.96 bits per heavy atom. The van der Waals surface area contributed by atoms with E-state index in [2.05, 4.69) is 26.3 Å². The second kappa shape index (κ2) is 6.63. The maximum absolute atomic E-state index is 12.5. The van der Waals surface area contributed by atoms with E-state index in [1.54, 1.807) is 24.3 Å². The summed E-state index contributed by atoms with van der Waals surface area (Å²) in [6, 6.07) is 15.4. The Kier molecular flexibility index (Phi) is 4.16. The summed E-state index contributed by atoms with van der Waals surface area (Å²) >= 11 is 0. The minimum Gasteiger partial charge on any atom is -0.345 e. The van der Waals surface area contributed by atoms with Gasteiger partial charge >= 0.3 is 0 Å². The van der Waals surface area contributed by atoms with Crippen LogP contribution < -0.4 is 10.6 Å². The molecule has 2 amide bonds. The Labute approximate surface area is 151 Å². The van der Waals surface area contributed by atoms with Crippen molar-refractivity contribution in [1.82, 2.24) is 14.9 Å². The first-order chi connectivity index (χ1) is 12.6. The van der Waals surface area contributed by atoms with Gasteiger partial charge in [-0.25, -0.2) is 4.98 Å². The molecular formula is C20H20N4O2. The van der Waals surface area contributed by atoms with Crippen molar-refractivity contribution in [2.45, 2.75) is 32.4 Å². The van der Waals surface area contributed by atoms with Crippen molar-refractivity contribution in [3.8, 4) is 0 Å². The maximum atomic E-state index is 12.5. The van der Waals surface area contributed by atoms with E-state index in [0.717, 1.165) is 29.7 Å². The minimum atomic E-state index is -0.188. The van der Waals surface area contributed by atoms with Crippen LogP contribution in [-0.4, -0.2) is 21.4 Å². The van der Waals surface area contributed by atoms with Crippen LogP contribution >= 0.6 is 0 Å². The van der Waals surface area contributed by atoms with Crippen molar-refractivity contribution in [2.24, 2.45) is 0 Å². The second-order valence-corrected chi connectivity index (χ2v) is 6.56. The summed E-state index contributed by atoms with van der Waals surface area (Å²) in [5, 5.41) is 5.63. The summed E-state index contributed by atoms with van der Waals surface area (Å²) in [4.78, 5) is 28.4. The lowest BCUT2D eigenvalue weighted by molar-refractivity contribution is -0.114. The third-order valence-corrected chi connectivity index (χ3v) is 4.43. The number of nitrogens with one attached hydrogen (secondary N) is 2. The topological polar surface area (TPSA) is 76.0 Å². The van der Waals surface area contributed by atoms with E-state index in [1.807, 2.05) is 18.2 Å². The standard InChI is InChI=1S/C20H20N4O2/c1-13(25)22-15-6-4-5-14(11-15)20(26)21-12-19-23-17-7-2-3-8-18(17)24(19)16-9-10-16/h2-8,11,16H,9-10,12H2,1H3,(H,21,26)(H,22,25). The maximum Gasteiger partial charge on any atom is 0.251 e. The molecule has 26 heavy (non-hydrogen) atoms. The van der Waals surface area contributed by atoms with Crippen LogP contribution in [0, 0.1) is 0 Å². The number of benzene rings is 2. The zero-order valence-corrected chi connectivity index (χ0v) is 14.5. The lowest BCUT2D eigenvalue weighted by atomic mass is 10.2. The van der Waals surface area contributed by atoms with Crippen LogP contribution in [0.5, 0.6) is 0 Å². The van der Waals surface area contributed by atoms with Gasteiger partial charge in [-0.05, 0) is 43.2 Å². The number of imidazole rings is 1. The van der Waals surface area contributed by atoms with E-state index < -0.39 is 0 Å². The summed E-state index contributed by atoms with van der Waals surface area (Å²) in [5.41, 5.74) is 3.18. The summed E-state index contributed by atoms with van der Waals surface area (Å²) in [5.74, 6) is 0.521. The summed E-state index contributed by atoms with van der Waals surface area (Å²) in [6.45, 7) is 1.81. The van der Waals surface area contributed by atoms with Crippen molar-refractivity contribution in [1.29, 1.82) is 0 Å². The normalized spacial score (nSPS) is 13.6. The molecule has 1 aliphatic carbocycles. The van der Waals surface area contributed by atoms with E-state index in [0.29, 0.717) is 23.8 Å². The first kappa shape index (κ1) is 16.3. The smallest absolute Gasteiger partial charge is 0.251 e. The summed E-state index contributed by atoms with van der Waals surface area (Å²) in [6.07, 6.45) is 2.31. The highest BCUT2D eigenvalue weighted by molar-refractivity contribution is 5.96. The molecule has 0 bridgehead atoms. The number of rotatable bonds is 5. The minimum absolute atomic E-state index is 0.166. The second-order valence-electron chi connectivity index (χ2n) is 6.56. The molecule has 2 aromatic carbocycles. The van der Waals surface area contributed by atoms with Crippen molar-refractivity contribution >= 4 is 28.5 Å². The molecule has 0 aliphatic heterocycles. The number of hydrogen-bond acceptors (Lipinski definition) is 3. The zero-order valence-electron chi connectivity index (χ0n) is 14.5. The number of anilines is 1. The highest BCUT2D eigenvalue weighted by Crippen LogP contribution is 2.38. The van der Waals surface area contributed by atoms with Gasteiger partial charge in [-0.2, -0.15) is 0 Å². The van der Waals surface area contributed by atoms with Gasteiger partial charge in [0, 0.05) is 24.2 Å². The molecule has 0 unspecified atom stereocenters. The predicted octanol–water partition coefficient (Wildman–Crippen LogP) is 3.26. The molecule has 1 heterocycles. The van der Waals surface area contributed by atoms with Crippen molar-refractivity contribution in [3.05, 3.63) is 59.9 Å². The zero-order chi connectivity index (χ0) is 18.1. The summed E-state index contributed by atoms with van der Waals surface area (Å²) in [7, 11) is 0. The van der Waals surface area contributed by atoms with Gasteiger partial charge in [0.05, 0.1) is 17.6 Å². The lowest BCUT2D eigenvalue weighted by Crippen LogP contribution is -2.24. The quantitative estimate of drug-likeness (QED) is 0.743. The molecule has 0 spiro atoms. The van der Waals surface area contributed by atoms with Gasteiger partial charge in [0.15, 0.2) is 0 Å². The Hall–Kier alpha value is -3.15. The Bertz CT molecular complexity index is 988. The number of carbonyl (C=O) groups is 2. The van der Waals surface area contributed by atoms with Gasteiger partial charge in [-0.1, -0.05) is 18.2 Å². The first-order valence-corrected chi connectivity index (χ1v) is 8.73. The number of carbonyl (C=O) groups excluding carboxylic acids is 2. The van der Waals surface area contributed by atoms with Crippen LogP contribution in [0.3, 0.4) is 0 Å². The van der Waals surface area contributed by atoms with Crippen molar-refractivity contribution < 1.29 is 9.59 Å². The van der Waals surface area contributed by atoms with Gasteiger partial charge in [0.1, 0.15) is 5.82 Å². The predicted molar refractivity (Wildman–Crippen MR) is 99.9 cm³/mol. The summed E-state index contributed by atoms with van der Waals surface area (Å²) < 4.78 is 2.24. The number of fused-ring (bicyclic) bond motifs is 1. The van der Waals surface area contributed by atoms with E-state index >= 15 is 0 Å². The highest BCUT2D eigenvalue weighted by Gasteiger charge is 2.28. The van der Waals surface area contributed by atoms with Crippen LogP contribution in [0.25, 0.3) is 11.0 Å². The van der Waals surface area contributed by atoms with Crippen molar-refractivity contribution in [3.63, 3.8) is 0 Å². The number of hydrogen-bond donors (Lipinski definition) is 2. The Morgan fingerprint density at radius 3 is 2.73 bits per heavy atom. The first-order valence-electron chi connectivity index (χ1n) is 8.73. The van der Waals surface area contributed by atoms with E-state index in [9.17, 15) is 9.59 Å². The number of amides is 2. The van der Waals surface area contributed by atoms with Crippen LogP contribution in [0.15, 0.2) is 48.5 Å². The molecule has 6 nitrogen and oxygen atoms in total. The average Bonchev–Trinajstić information content (AvgIpc) is 3.39. The molecule has 1 fully saturated rings. The largest absolute Gasteiger partial charge is 0.345 e. The van der Waals surface area contributed by atoms with Crippen LogP contribution in [0.2, 0.25) is 0 Å². The fourth-order valence-electron chi connectivity index (χ4n) is 3.16. The molecule has 0 atom stereocenters. The van der Waals surface area contributed by atoms with E-state index in [-0.39, 0.29) is 11.8 Å². The molecule has 0 radical (unpaired) electrons. The molecule has 0 saturated heterocycles. The van der Waals surface area contributed by atoms with Gasteiger partial charge in [0.2, 0.25) is 5.91 Å². The third kappa shape index (κ3) is 3.31. The molecule has 1 saturated carbocycles. The van der Waals surface area contributed by atoms with Crippen LogP contribution in [-0.2, 0) is 11.3 Å². The van der Waals surface area contributed by atoms with Gasteiger partial charge in [0.25, 0.3) is 5.91 Å². The molecule has 132 valence electrons. The van der Waals surface area contributed by atoms with Crippen LogP contribution in [0.4, 0.5) is 5.69 Å². The molecule has 2 N–H and O–H groups in total.